The molecule has 2 heterocycles. The van der Waals surface area contributed by atoms with Crippen LogP contribution in [-0.4, -0.2) is 0 Å². The highest BCUT2D eigenvalue weighted by molar-refractivity contribution is 6.07. The van der Waals surface area contributed by atoms with Crippen LogP contribution in [0.2, 0.25) is 0 Å². The van der Waals surface area contributed by atoms with Crippen molar-refractivity contribution in [2.45, 2.75) is 71.3 Å². The van der Waals surface area contributed by atoms with Crippen molar-refractivity contribution in [2.24, 2.45) is 0 Å². The third-order valence-corrected chi connectivity index (χ3v) is 7.08. The first kappa shape index (κ1) is 16.6. The van der Waals surface area contributed by atoms with Gasteiger partial charge in [-0.1, -0.05) is 44.5 Å². The highest BCUT2D eigenvalue weighted by Crippen LogP contribution is 2.48. The molecule has 1 aliphatic rings. The number of rotatable bonds is 4. The number of benzene rings is 2. The molecule has 1 atom stereocenters. The van der Waals surface area contributed by atoms with Crippen LogP contribution in [0.4, 0.5) is 0 Å². The summed E-state index contributed by atoms with van der Waals surface area (Å²) in [6.07, 6.45) is 7.17. The van der Waals surface area contributed by atoms with Crippen LogP contribution in [-0.2, 0) is 17.4 Å². The van der Waals surface area contributed by atoms with E-state index in [1.54, 1.807) is 0 Å². The fourth-order valence-corrected chi connectivity index (χ4v) is 4.93. The molecule has 0 spiro atoms. The average molecular weight is 333 g/mol. The number of aromatic nitrogens is 1. The summed E-state index contributed by atoms with van der Waals surface area (Å²) in [4.78, 5) is 0. The molecular formula is C24H30N+. The minimum Gasteiger partial charge on any atom is -0.192 e. The molecule has 0 aliphatic carbocycles. The van der Waals surface area contributed by atoms with Crippen molar-refractivity contribution in [3.8, 4) is 0 Å². The second-order valence-corrected chi connectivity index (χ2v) is 8.42. The first-order valence-electron chi connectivity index (χ1n) is 9.85. The maximum absolute atomic E-state index is 2.57. The normalized spacial score (nSPS) is 21.3. The second kappa shape index (κ2) is 5.56. The molecule has 0 bridgehead atoms. The summed E-state index contributed by atoms with van der Waals surface area (Å²) in [6, 6.07) is 13.9. The summed E-state index contributed by atoms with van der Waals surface area (Å²) in [5.41, 5.74) is 4.64. The standard InChI is InChI=1S/C24H30N/c1-6-8-10-17-15-16-25-22-19(17)14-13-18-11-9-12-20(21(18)22)24(5,7-2)23(25,3)4/h9,11-16H,6-8,10H2,1-5H3/q+1. The Labute approximate surface area is 151 Å². The quantitative estimate of drug-likeness (QED) is 0.405. The van der Waals surface area contributed by atoms with Gasteiger partial charge in [0.2, 0.25) is 5.52 Å². The lowest BCUT2D eigenvalue weighted by Crippen LogP contribution is -2.65. The number of pyridine rings is 1. The van der Waals surface area contributed by atoms with E-state index in [9.17, 15) is 0 Å². The summed E-state index contributed by atoms with van der Waals surface area (Å²) < 4.78 is 2.57. The van der Waals surface area contributed by atoms with E-state index >= 15 is 0 Å². The number of nitrogens with zero attached hydrogens (tertiary/aromatic N) is 1. The highest BCUT2D eigenvalue weighted by atomic mass is 15.1. The minimum absolute atomic E-state index is 0.0475. The van der Waals surface area contributed by atoms with Crippen molar-refractivity contribution in [1.29, 1.82) is 0 Å². The van der Waals surface area contributed by atoms with Crippen LogP contribution in [0.3, 0.4) is 0 Å². The molecule has 4 rings (SSSR count). The van der Waals surface area contributed by atoms with E-state index in [4.69, 9.17) is 0 Å². The third kappa shape index (κ3) is 2.05. The van der Waals surface area contributed by atoms with Gasteiger partial charge in [-0.25, -0.2) is 0 Å². The lowest BCUT2D eigenvalue weighted by atomic mass is 9.63. The van der Waals surface area contributed by atoms with E-state index in [2.05, 4.69) is 81.8 Å². The van der Waals surface area contributed by atoms with Crippen LogP contribution < -0.4 is 4.57 Å². The van der Waals surface area contributed by atoms with Crippen molar-refractivity contribution < 1.29 is 4.57 Å². The minimum atomic E-state index is 0.0475. The van der Waals surface area contributed by atoms with Crippen molar-refractivity contribution in [2.75, 3.05) is 0 Å². The molecule has 0 saturated heterocycles. The SMILES string of the molecule is CCCCc1cc[n+]2c3c1ccc1cccc(c13)C(C)(CC)C2(C)C. The number of hydrogen-bond acceptors (Lipinski definition) is 0. The van der Waals surface area contributed by atoms with Gasteiger partial charge in [-0.2, -0.15) is 4.57 Å². The summed E-state index contributed by atoms with van der Waals surface area (Å²) >= 11 is 0. The molecule has 25 heavy (non-hydrogen) atoms. The van der Waals surface area contributed by atoms with Gasteiger partial charge in [-0.3, -0.25) is 0 Å². The molecule has 2 aromatic carbocycles. The molecule has 0 saturated carbocycles. The lowest BCUT2D eigenvalue weighted by Gasteiger charge is -2.43. The van der Waals surface area contributed by atoms with Crippen LogP contribution in [0, 0.1) is 0 Å². The van der Waals surface area contributed by atoms with Gasteiger partial charge in [0.05, 0.1) is 16.2 Å². The summed E-state index contributed by atoms with van der Waals surface area (Å²) in [7, 11) is 0. The predicted molar refractivity (Wildman–Crippen MR) is 107 cm³/mol. The van der Waals surface area contributed by atoms with Gasteiger partial charge in [-0.15, -0.1) is 0 Å². The summed E-state index contributed by atoms with van der Waals surface area (Å²) in [6.45, 7) is 11.9. The second-order valence-electron chi connectivity index (χ2n) is 8.42. The van der Waals surface area contributed by atoms with Gasteiger partial charge < -0.3 is 0 Å². The van der Waals surface area contributed by atoms with Crippen LogP contribution in [0.1, 0.15) is 65.0 Å². The Balaban J connectivity index is 2.19. The number of unbranched alkanes of at least 4 members (excludes halogenated alkanes) is 1. The van der Waals surface area contributed by atoms with E-state index in [1.165, 1.54) is 52.1 Å². The third-order valence-electron chi connectivity index (χ3n) is 7.08. The monoisotopic (exact) mass is 332 g/mol. The Hall–Kier alpha value is -1.89. The Morgan fingerprint density at radius 2 is 1.76 bits per heavy atom. The van der Waals surface area contributed by atoms with Crippen molar-refractivity contribution in [3.63, 3.8) is 0 Å². The largest absolute Gasteiger partial charge is 0.221 e. The molecule has 1 unspecified atom stereocenters. The topological polar surface area (TPSA) is 3.88 Å². The van der Waals surface area contributed by atoms with Gasteiger partial charge in [0, 0.05) is 19.9 Å². The van der Waals surface area contributed by atoms with Crippen molar-refractivity contribution in [1.82, 2.24) is 0 Å². The molecule has 0 radical (unpaired) electrons. The van der Waals surface area contributed by atoms with Gasteiger partial charge in [0.25, 0.3) is 0 Å². The van der Waals surface area contributed by atoms with Gasteiger partial charge >= 0.3 is 0 Å². The number of aryl methyl sites for hydroxylation is 1. The van der Waals surface area contributed by atoms with Crippen LogP contribution in [0.15, 0.2) is 42.6 Å². The predicted octanol–water partition coefficient (Wildman–Crippen LogP) is 6.04. The van der Waals surface area contributed by atoms with Gasteiger partial charge in [0.1, 0.15) is 0 Å². The highest BCUT2D eigenvalue weighted by Gasteiger charge is 2.53. The van der Waals surface area contributed by atoms with Crippen LogP contribution in [0.5, 0.6) is 0 Å². The molecule has 1 heteroatoms. The van der Waals surface area contributed by atoms with Gasteiger partial charge in [0.15, 0.2) is 11.7 Å². The first-order chi connectivity index (χ1) is 12.0. The Morgan fingerprint density at radius 3 is 2.48 bits per heavy atom. The molecule has 1 aliphatic heterocycles. The van der Waals surface area contributed by atoms with Crippen molar-refractivity contribution >= 4 is 21.7 Å². The zero-order valence-electron chi connectivity index (χ0n) is 16.3. The maximum atomic E-state index is 2.57. The molecule has 3 aromatic rings. The molecule has 130 valence electrons. The molecule has 1 aromatic heterocycles. The molecule has 1 nitrogen and oxygen atoms in total. The lowest BCUT2D eigenvalue weighted by molar-refractivity contribution is -0.746. The fourth-order valence-electron chi connectivity index (χ4n) is 4.93. The van der Waals surface area contributed by atoms with Crippen LogP contribution >= 0.6 is 0 Å². The Bertz CT molecular complexity index is 967. The van der Waals surface area contributed by atoms with Crippen molar-refractivity contribution in [3.05, 3.63) is 53.7 Å². The van der Waals surface area contributed by atoms with E-state index in [-0.39, 0.29) is 11.0 Å². The fraction of sp³-hybridized carbons (Fsp3) is 0.458. The maximum Gasteiger partial charge on any atom is 0.221 e. The summed E-state index contributed by atoms with van der Waals surface area (Å²) in [5.74, 6) is 0. The Kier molecular flexibility index (Phi) is 3.68. The van der Waals surface area contributed by atoms with E-state index in [1.807, 2.05) is 0 Å². The zero-order valence-corrected chi connectivity index (χ0v) is 16.3. The van der Waals surface area contributed by atoms with E-state index in [0.29, 0.717) is 0 Å². The molecule has 0 fully saturated rings. The van der Waals surface area contributed by atoms with Crippen LogP contribution in [0.25, 0.3) is 21.7 Å². The zero-order chi connectivity index (χ0) is 17.8. The Morgan fingerprint density at radius 1 is 0.960 bits per heavy atom. The smallest absolute Gasteiger partial charge is 0.192 e. The summed E-state index contributed by atoms with van der Waals surface area (Å²) in [5, 5.41) is 4.30. The first-order valence-corrected chi connectivity index (χ1v) is 9.85. The molecule has 0 N–H and O–H groups in total. The molecular weight excluding hydrogens is 302 g/mol. The van der Waals surface area contributed by atoms with Gasteiger partial charge in [-0.05, 0) is 48.8 Å². The molecule has 0 amide bonds. The van der Waals surface area contributed by atoms with E-state index < -0.39 is 0 Å². The van der Waals surface area contributed by atoms with E-state index in [0.717, 1.165) is 6.42 Å². The average Bonchev–Trinajstić information content (AvgIpc) is 2.63. The number of hydrogen-bond donors (Lipinski definition) is 0.